The molecule has 10 aromatic rings. The molecule has 0 aliphatic heterocycles. The predicted molar refractivity (Wildman–Crippen MR) is 192 cm³/mol. The number of benzene rings is 9. The molecule has 1 heterocycles. The summed E-state index contributed by atoms with van der Waals surface area (Å²) in [4.78, 5) is 0. The van der Waals surface area contributed by atoms with Gasteiger partial charge in [-0.05, 0) is 100 Å². The van der Waals surface area contributed by atoms with Gasteiger partial charge in [0.25, 0.3) is 0 Å². The second-order valence-electron chi connectivity index (χ2n) is 10.7. The normalized spacial score (nSPS) is 17.3. The van der Waals surface area contributed by atoms with Gasteiger partial charge in [0.2, 0.25) is 0 Å². The molecule has 1 heteroatoms. The van der Waals surface area contributed by atoms with Gasteiger partial charge in [0, 0.05) is 10.8 Å². The van der Waals surface area contributed by atoms with Crippen LogP contribution in [-0.2, 0) is 0 Å². The second-order valence-corrected chi connectivity index (χ2v) is 10.7. The Balaban J connectivity index is 1.47. The van der Waals surface area contributed by atoms with Gasteiger partial charge in [-0.2, -0.15) is 0 Å². The van der Waals surface area contributed by atoms with Gasteiger partial charge in [0.1, 0.15) is 11.2 Å². The molecule has 0 bridgehead atoms. The summed E-state index contributed by atoms with van der Waals surface area (Å²) in [6, 6.07) is 4.57. The summed E-state index contributed by atoms with van der Waals surface area (Å²) >= 11 is 0. The van der Waals surface area contributed by atoms with Crippen LogP contribution in [0.4, 0.5) is 0 Å². The fourth-order valence-corrected chi connectivity index (χ4v) is 6.40. The van der Waals surface area contributed by atoms with E-state index in [0.717, 1.165) is 16.2 Å². The van der Waals surface area contributed by atoms with Crippen molar-refractivity contribution in [1.29, 1.82) is 0 Å². The number of furan rings is 1. The number of fused-ring (bicyclic) bond motifs is 10. The lowest BCUT2D eigenvalue weighted by molar-refractivity contribution is 0.669. The van der Waals surface area contributed by atoms with Crippen LogP contribution >= 0.6 is 0 Å². The fourth-order valence-electron chi connectivity index (χ4n) is 6.40. The van der Waals surface area contributed by atoms with Gasteiger partial charge >= 0.3 is 0 Å². The number of hydrogen-bond acceptors (Lipinski definition) is 1. The topological polar surface area (TPSA) is 13.1 Å². The van der Waals surface area contributed by atoms with Gasteiger partial charge in [-0.25, -0.2) is 0 Å². The SMILES string of the molecule is [2H]c1c([2H])c([2H])c2c(-c3c([2H])c([2H])c4c(c3[2H])c([2H])c([2H])c3c([2H])c([2H])c([2H])c([2H])c34)c3c([2H])c([2H])c([2H])c([2H])c3c(-c3ccc4oc5ccc6ccccc6c5c4c3)c2c1[2H]. The van der Waals surface area contributed by atoms with E-state index in [4.69, 9.17) is 18.1 Å². The third kappa shape index (κ3) is 3.56. The van der Waals surface area contributed by atoms with Crippen LogP contribution in [0.15, 0.2) is 162 Å². The average Bonchev–Trinajstić information content (AvgIpc) is 3.65. The van der Waals surface area contributed by atoms with E-state index >= 15 is 0 Å². The lowest BCUT2D eigenvalue weighted by Crippen LogP contribution is -1.91. The summed E-state index contributed by atoms with van der Waals surface area (Å²) in [7, 11) is 0. The second kappa shape index (κ2) is 9.29. The summed E-state index contributed by atoms with van der Waals surface area (Å²) in [5.74, 6) is 0. The van der Waals surface area contributed by atoms with Crippen LogP contribution in [0.1, 0.15) is 23.3 Å². The van der Waals surface area contributed by atoms with Crippen LogP contribution in [0.3, 0.4) is 0 Å². The minimum atomic E-state index is -0.790. The Kier molecular flexibility index (Phi) is 2.76. The fraction of sp³-hybridized carbons (Fsp3) is 0. The maximum Gasteiger partial charge on any atom is 0.136 e. The molecule has 1 nitrogen and oxygen atoms in total. The Labute approximate surface area is 283 Å². The summed E-state index contributed by atoms with van der Waals surface area (Å²) in [5, 5.41) is 0.377. The van der Waals surface area contributed by atoms with Gasteiger partial charge in [0.15, 0.2) is 0 Å². The highest BCUT2D eigenvalue weighted by molar-refractivity contribution is 6.24. The van der Waals surface area contributed by atoms with Crippen LogP contribution in [0.25, 0.3) is 98.1 Å². The molecular formula is C44H26O. The first-order chi connectivity index (χ1) is 29.4. The highest BCUT2D eigenvalue weighted by Crippen LogP contribution is 2.46. The monoisotopic (exact) mass is 587 g/mol. The van der Waals surface area contributed by atoms with E-state index in [-0.39, 0.29) is 38.1 Å². The summed E-state index contributed by atoms with van der Waals surface area (Å²) in [6.07, 6.45) is 0. The molecule has 0 N–H and O–H groups in total. The minimum Gasteiger partial charge on any atom is -0.456 e. The molecule has 10 rings (SSSR count). The van der Waals surface area contributed by atoms with Crippen LogP contribution < -0.4 is 0 Å². The van der Waals surface area contributed by atoms with E-state index < -0.39 is 130 Å². The summed E-state index contributed by atoms with van der Waals surface area (Å²) < 4.78 is 160. The highest BCUT2D eigenvalue weighted by atomic mass is 16.3. The molecule has 45 heavy (non-hydrogen) atoms. The lowest BCUT2D eigenvalue weighted by Gasteiger charge is -2.18. The zero-order chi connectivity index (χ0) is 44.3. The molecule has 1 aromatic heterocycles. The van der Waals surface area contributed by atoms with E-state index in [1.54, 1.807) is 18.2 Å². The van der Waals surface area contributed by atoms with Crippen molar-refractivity contribution in [2.45, 2.75) is 0 Å². The first kappa shape index (κ1) is 13.4. The molecule has 0 fully saturated rings. The lowest BCUT2D eigenvalue weighted by atomic mass is 9.85. The predicted octanol–water partition coefficient (Wildman–Crippen LogP) is 12.7. The molecular weight excluding hydrogens is 544 g/mol. The zero-order valence-corrected chi connectivity index (χ0v) is 23.1. The van der Waals surface area contributed by atoms with Crippen LogP contribution in [0, 0.1) is 0 Å². The van der Waals surface area contributed by atoms with Crippen molar-refractivity contribution in [3.05, 3.63) is 157 Å². The Morgan fingerprint density at radius 1 is 0.400 bits per heavy atom. The molecule has 9 aromatic carbocycles. The Bertz CT molecular complexity index is 3700. The van der Waals surface area contributed by atoms with Crippen molar-refractivity contribution < 1.29 is 27.7 Å². The molecule has 0 aliphatic rings. The van der Waals surface area contributed by atoms with Crippen molar-refractivity contribution in [2.75, 3.05) is 0 Å². The molecule has 0 aliphatic carbocycles. The van der Waals surface area contributed by atoms with Crippen LogP contribution in [0.2, 0.25) is 0 Å². The Morgan fingerprint density at radius 2 is 1.02 bits per heavy atom. The van der Waals surface area contributed by atoms with Crippen molar-refractivity contribution in [3.8, 4) is 22.3 Å². The molecule has 0 amide bonds. The summed E-state index contributed by atoms with van der Waals surface area (Å²) in [6.45, 7) is 0. The maximum absolute atomic E-state index is 9.68. The van der Waals surface area contributed by atoms with Gasteiger partial charge in [0.05, 0.1) is 23.3 Å². The molecule has 208 valence electrons. The first-order valence-electron chi connectivity index (χ1n) is 22.6. The molecule has 0 atom stereocenters. The van der Waals surface area contributed by atoms with Crippen LogP contribution in [-0.4, -0.2) is 0 Å². The third-order valence-corrected chi connectivity index (χ3v) is 8.34. The van der Waals surface area contributed by atoms with Crippen molar-refractivity contribution in [1.82, 2.24) is 0 Å². The quantitative estimate of drug-likeness (QED) is 0.145. The Morgan fingerprint density at radius 3 is 1.80 bits per heavy atom. The van der Waals surface area contributed by atoms with Crippen molar-refractivity contribution in [2.24, 2.45) is 0 Å². The molecule has 0 radical (unpaired) electrons. The maximum atomic E-state index is 9.68. The molecule has 0 saturated heterocycles. The third-order valence-electron chi connectivity index (χ3n) is 8.34. The van der Waals surface area contributed by atoms with E-state index in [2.05, 4.69) is 0 Å². The standard InChI is InChI=1S/C44H26O/c1-3-11-32-27(9-1)17-18-29-25-30(19-22-33(29)32)42-35-13-5-7-15-37(35)43(38-16-8-6-14-36(38)42)31-21-23-40-39(26-31)44-34-12-4-2-10-28(34)20-24-41(44)45-40/h1-26H/i1D,3D,5D,6D,7D,8D,9D,11D,13D,14D,15D,16D,17D,18D,19D,22D,25D. The van der Waals surface area contributed by atoms with Crippen LogP contribution in [0.5, 0.6) is 0 Å². The number of hydrogen-bond donors (Lipinski definition) is 0. The Hall–Kier alpha value is -5.92. The molecule has 0 unspecified atom stereocenters. The largest absolute Gasteiger partial charge is 0.456 e. The van der Waals surface area contributed by atoms with Gasteiger partial charge in [-0.1, -0.05) is 133 Å². The first-order valence-corrected chi connectivity index (χ1v) is 14.1. The average molecular weight is 588 g/mol. The smallest absolute Gasteiger partial charge is 0.136 e. The minimum absolute atomic E-state index is 0.00389. The highest BCUT2D eigenvalue weighted by Gasteiger charge is 2.18. The van der Waals surface area contributed by atoms with E-state index in [9.17, 15) is 9.60 Å². The van der Waals surface area contributed by atoms with E-state index in [1.165, 1.54) is 0 Å². The summed E-state index contributed by atoms with van der Waals surface area (Å²) in [5.41, 5.74) is 0.361. The zero-order valence-electron chi connectivity index (χ0n) is 40.1. The van der Waals surface area contributed by atoms with Crippen molar-refractivity contribution in [3.63, 3.8) is 0 Å². The molecule has 0 saturated carbocycles. The van der Waals surface area contributed by atoms with Gasteiger partial charge in [-0.15, -0.1) is 0 Å². The van der Waals surface area contributed by atoms with E-state index in [1.807, 2.05) is 36.4 Å². The van der Waals surface area contributed by atoms with Gasteiger partial charge in [-0.3, -0.25) is 0 Å². The number of rotatable bonds is 2. The van der Waals surface area contributed by atoms with Gasteiger partial charge < -0.3 is 4.42 Å². The molecule has 0 spiro atoms. The van der Waals surface area contributed by atoms with Crippen molar-refractivity contribution >= 4 is 75.8 Å². The van der Waals surface area contributed by atoms with E-state index in [0.29, 0.717) is 16.6 Å².